The highest BCUT2D eigenvalue weighted by atomic mass is 16.5. The van der Waals surface area contributed by atoms with Crippen molar-refractivity contribution in [2.45, 2.75) is 59.8 Å². The van der Waals surface area contributed by atoms with Crippen LogP contribution in [0.3, 0.4) is 0 Å². The van der Waals surface area contributed by atoms with Crippen LogP contribution in [0.25, 0.3) is 0 Å². The fourth-order valence-corrected chi connectivity index (χ4v) is 2.44. The first kappa shape index (κ1) is 19.5. The van der Waals surface area contributed by atoms with E-state index in [-0.39, 0.29) is 11.9 Å². The molecule has 1 unspecified atom stereocenters. The minimum atomic E-state index is -0.212. The number of hydrogen-bond donors (Lipinski definition) is 0. The summed E-state index contributed by atoms with van der Waals surface area (Å²) in [6.07, 6.45) is 2.84. The van der Waals surface area contributed by atoms with Crippen molar-refractivity contribution >= 4 is 5.97 Å². The van der Waals surface area contributed by atoms with E-state index in [0.29, 0.717) is 18.4 Å². The molecule has 2 heteroatoms. The largest absolute Gasteiger partial charge is 0.465 e. The highest BCUT2D eigenvalue weighted by molar-refractivity contribution is 5.77. The third-order valence-corrected chi connectivity index (χ3v) is 4.18. The lowest BCUT2D eigenvalue weighted by Crippen LogP contribution is -2.14. The zero-order chi connectivity index (χ0) is 17.4. The molecule has 0 bridgehead atoms. The first-order valence-corrected chi connectivity index (χ1v) is 8.74. The van der Waals surface area contributed by atoms with E-state index in [2.05, 4.69) is 46.4 Å². The van der Waals surface area contributed by atoms with Crippen LogP contribution in [0.4, 0.5) is 0 Å². The molecule has 0 N–H and O–H groups in total. The number of rotatable bonds is 9. The van der Waals surface area contributed by atoms with E-state index in [4.69, 9.17) is 4.74 Å². The number of esters is 1. The third kappa shape index (κ3) is 7.02. The number of benzene rings is 1. The highest BCUT2D eigenvalue weighted by Gasteiger charge is 2.16. The number of carbonyl (C=O) groups excluding carboxylic acids is 1. The molecular weight excluding hydrogens is 284 g/mol. The van der Waals surface area contributed by atoms with Crippen LogP contribution in [0.15, 0.2) is 36.4 Å². The molecule has 0 heterocycles. The van der Waals surface area contributed by atoms with Gasteiger partial charge in [0.25, 0.3) is 0 Å². The van der Waals surface area contributed by atoms with Crippen LogP contribution >= 0.6 is 0 Å². The van der Waals surface area contributed by atoms with Gasteiger partial charge in [0.1, 0.15) is 0 Å². The molecule has 1 atom stereocenters. The Labute approximate surface area is 141 Å². The Balaban J connectivity index is 2.42. The maximum absolute atomic E-state index is 12.1. The molecule has 1 aromatic rings. The lowest BCUT2D eigenvalue weighted by molar-refractivity contribution is -0.145. The molecule has 2 nitrogen and oxygen atoms in total. The van der Waals surface area contributed by atoms with E-state index >= 15 is 0 Å². The lowest BCUT2D eigenvalue weighted by Gasteiger charge is -2.14. The first-order chi connectivity index (χ1) is 10.8. The van der Waals surface area contributed by atoms with Gasteiger partial charge in [-0.15, -0.1) is 0 Å². The van der Waals surface area contributed by atoms with Gasteiger partial charge >= 0.3 is 5.97 Å². The molecular formula is C21H32O2. The molecule has 0 saturated heterocycles. The molecule has 0 radical (unpaired) electrons. The quantitative estimate of drug-likeness (QED) is 0.340. The van der Waals surface area contributed by atoms with Crippen LogP contribution in [0, 0.1) is 11.8 Å². The van der Waals surface area contributed by atoms with Gasteiger partial charge in [0.05, 0.1) is 12.5 Å². The lowest BCUT2D eigenvalue weighted by atomic mass is 9.97. The van der Waals surface area contributed by atoms with E-state index in [0.717, 1.165) is 24.8 Å². The van der Waals surface area contributed by atoms with Gasteiger partial charge in [-0.2, -0.15) is 0 Å². The van der Waals surface area contributed by atoms with E-state index in [1.165, 1.54) is 11.1 Å². The number of ether oxygens (including phenoxy) is 1. The molecule has 0 fully saturated rings. The molecule has 0 amide bonds. The van der Waals surface area contributed by atoms with Crippen molar-refractivity contribution in [2.24, 2.45) is 11.8 Å². The van der Waals surface area contributed by atoms with E-state index in [1.54, 1.807) is 0 Å². The highest BCUT2D eigenvalue weighted by Crippen LogP contribution is 2.19. The zero-order valence-corrected chi connectivity index (χ0v) is 15.4. The summed E-state index contributed by atoms with van der Waals surface area (Å²) in [6, 6.07) is 8.33. The van der Waals surface area contributed by atoms with Crippen LogP contribution in [0.1, 0.15) is 64.5 Å². The van der Waals surface area contributed by atoms with Crippen molar-refractivity contribution in [3.63, 3.8) is 0 Å². The Hall–Kier alpha value is -1.57. The number of hydrogen-bond acceptors (Lipinski definition) is 2. The third-order valence-electron chi connectivity index (χ3n) is 4.18. The van der Waals surface area contributed by atoms with Gasteiger partial charge in [0.15, 0.2) is 0 Å². The molecule has 128 valence electrons. The molecule has 23 heavy (non-hydrogen) atoms. The molecule has 0 aliphatic carbocycles. The molecule has 0 saturated carbocycles. The minimum absolute atomic E-state index is 0.142. The second-order valence-electron chi connectivity index (χ2n) is 7.15. The number of carbonyl (C=O) groups is 1. The van der Waals surface area contributed by atoms with E-state index in [9.17, 15) is 4.79 Å². The Morgan fingerprint density at radius 3 is 2.22 bits per heavy atom. The normalized spacial score (nSPS) is 12.5. The summed E-state index contributed by atoms with van der Waals surface area (Å²) < 4.78 is 5.40. The van der Waals surface area contributed by atoms with E-state index in [1.807, 2.05) is 19.1 Å². The smallest absolute Gasteiger partial charge is 0.313 e. The minimum Gasteiger partial charge on any atom is -0.465 e. The first-order valence-electron chi connectivity index (χ1n) is 8.74. The van der Waals surface area contributed by atoms with Gasteiger partial charge in [-0.05, 0) is 49.1 Å². The summed E-state index contributed by atoms with van der Waals surface area (Å²) in [7, 11) is 0. The summed E-state index contributed by atoms with van der Waals surface area (Å²) in [5, 5.41) is 0. The van der Waals surface area contributed by atoms with Crippen LogP contribution in [0.5, 0.6) is 0 Å². The van der Waals surface area contributed by atoms with Gasteiger partial charge in [0.2, 0.25) is 0 Å². The Morgan fingerprint density at radius 2 is 1.70 bits per heavy atom. The Kier molecular flexibility index (Phi) is 8.08. The maximum Gasteiger partial charge on any atom is 0.313 e. The summed E-state index contributed by atoms with van der Waals surface area (Å²) in [5.41, 5.74) is 3.56. The van der Waals surface area contributed by atoms with Gasteiger partial charge in [-0.1, -0.05) is 64.1 Å². The Morgan fingerprint density at radius 1 is 1.09 bits per heavy atom. The monoisotopic (exact) mass is 316 g/mol. The van der Waals surface area contributed by atoms with Crippen LogP contribution in [0.2, 0.25) is 0 Å². The fraction of sp³-hybridized carbons (Fsp3) is 0.571. The fourth-order valence-electron chi connectivity index (χ4n) is 2.44. The van der Waals surface area contributed by atoms with Crippen LogP contribution in [-0.2, 0) is 16.0 Å². The van der Waals surface area contributed by atoms with E-state index < -0.39 is 0 Å². The van der Waals surface area contributed by atoms with Gasteiger partial charge < -0.3 is 4.74 Å². The molecule has 0 spiro atoms. The average Bonchev–Trinajstić information content (AvgIpc) is 2.50. The molecule has 0 aliphatic heterocycles. The maximum atomic E-state index is 12.1. The second kappa shape index (κ2) is 9.54. The van der Waals surface area contributed by atoms with Crippen LogP contribution in [-0.4, -0.2) is 12.6 Å². The van der Waals surface area contributed by atoms with Crippen molar-refractivity contribution in [3.05, 3.63) is 47.5 Å². The summed E-state index contributed by atoms with van der Waals surface area (Å²) >= 11 is 0. The van der Waals surface area contributed by atoms with Crippen molar-refractivity contribution in [3.8, 4) is 0 Å². The average molecular weight is 316 g/mol. The van der Waals surface area contributed by atoms with Gasteiger partial charge in [-0.25, -0.2) is 0 Å². The summed E-state index contributed by atoms with van der Waals surface area (Å²) in [5.74, 6) is 0.783. The summed E-state index contributed by atoms with van der Waals surface area (Å²) in [6.45, 7) is 15.1. The Bertz CT molecular complexity index is 497. The molecule has 1 aromatic carbocycles. The summed E-state index contributed by atoms with van der Waals surface area (Å²) in [4.78, 5) is 12.1. The predicted molar refractivity (Wildman–Crippen MR) is 97.6 cm³/mol. The van der Waals surface area contributed by atoms with Gasteiger partial charge in [-0.3, -0.25) is 4.79 Å². The van der Waals surface area contributed by atoms with Crippen molar-refractivity contribution in [1.82, 2.24) is 0 Å². The SMILES string of the molecule is C=C(CCCOC(=O)C(C)c1ccc(CC(C)C)cc1)C(C)C. The predicted octanol–water partition coefficient (Wildman–Crippen LogP) is 5.52. The van der Waals surface area contributed by atoms with Crippen molar-refractivity contribution < 1.29 is 9.53 Å². The van der Waals surface area contributed by atoms with Crippen LogP contribution < -0.4 is 0 Å². The zero-order valence-electron chi connectivity index (χ0n) is 15.4. The van der Waals surface area contributed by atoms with Crippen molar-refractivity contribution in [2.75, 3.05) is 6.61 Å². The number of allylic oxidation sites excluding steroid dienone is 1. The topological polar surface area (TPSA) is 26.3 Å². The van der Waals surface area contributed by atoms with Gasteiger partial charge in [0, 0.05) is 0 Å². The molecule has 1 rings (SSSR count). The second-order valence-corrected chi connectivity index (χ2v) is 7.15. The van der Waals surface area contributed by atoms with Crippen molar-refractivity contribution in [1.29, 1.82) is 0 Å². The standard InChI is InChI=1S/C21H32O2/c1-15(2)14-19-9-11-20(12-10-19)18(6)21(22)23-13-7-8-17(5)16(3)4/h9-12,15-16,18H,5,7-8,13-14H2,1-4,6H3. The molecule has 0 aromatic heterocycles. The molecule has 0 aliphatic rings.